The number of hydrogen-bond acceptors (Lipinski definition) is 1. The summed E-state index contributed by atoms with van der Waals surface area (Å²) in [7, 11) is 0. The van der Waals surface area contributed by atoms with Gasteiger partial charge >= 0.3 is 0 Å². The van der Waals surface area contributed by atoms with Gasteiger partial charge < -0.3 is 0 Å². The van der Waals surface area contributed by atoms with E-state index in [9.17, 15) is 4.79 Å². The fourth-order valence-corrected chi connectivity index (χ4v) is 0.450. The summed E-state index contributed by atoms with van der Waals surface area (Å²) in [6.45, 7) is 7.30. The molecule has 0 rings (SSSR count). The Bertz CT molecular complexity index is 114. The van der Waals surface area contributed by atoms with E-state index in [2.05, 4.69) is 6.58 Å². The van der Waals surface area contributed by atoms with Crippen LogP contribution in [0.4, 0.5) is 0 Å². The Kier molecular flexibility index (Phi) is 4.02. The number of unbranched alkanes of at least 4 members (excludes halogenated alkanes) is 1. The Morgan fingerprint density at radius 3 is 2.56 bits per heavy atom. The van der Waals surface area contributed by atoms with E-state index in [-0.39, 0.29) is 5.78 Å². The Labute approximate surface area is 56.8 Å². The van der Waals surface area contributed by atoms with Crippen LogP contribution in [-0.2, 0) is 4.79 Å². The minimum absolute atomic E-state index is 0.0804. The third-order valence-corrected chi connectivity index (χ3v) is 1.04. The van der Waals surface area contributed by atoms with Crippen molar-refractivity contribution in [1.29, 1.82) is 0 Å². The molecule has 0 atom stereocenters. The third kappa shape index (κ3) is 3.95. The topological polar surface area (TPSA) is 17.1 Å². The van der Waals surface area contributed by atoms with Crippen LogP contribution < -0.4 is 0 Å². The molecule has 0 N–H and O–H groups in total. The molecule has 0 aromatic rings. The summed E-state index contributed by atoms with van der Waals surface area (Å²) in [5, 5.41) is 0. The first-order valence-corrected chi connectivity index (χ1v) is 3.21. The predicted molar refractivity (Wildman–Crippen MR) is 39.0 cm³/mol. The number of Topliss-reactive ketones (excluding diaryl/α,β-unsaturated/α-hetero) is 1. The van der Waals surface area contributed by atoms with Crippen LogP contribution in [0.15, 0.2) is 12.2 Å². The standard InChI is InChI=1S/C8H13O/c1-4-5-6-8(9)7(2)3/h6H,2,4-5H2,1,3H3. The van der Waals surface area contributed by atoms with Gasteiger partial charge in [-0.05, 0) is 18.9 Å². The van der Waals surface area contributed by atoms with Crippen LogP contribution in [0.5, 0.6) is 0 Å². The zero-order chi connectivity index (χ0) is 7.28. The molecule has 0 saturated heterocycles. The summed E-state index contributed by atoms with van der Waals surface area (Å²) < 4.78 is 0. The molecule has 1 nitrogen and oxygen atoms in total. The van der Waals surface area contributed by atoms with Gasteiger partial charge in [-0.15, -0.1) is 0 Å². The van der Waals surface area contributed by atoms with E-state index < -0.39 is 0 Å². The lowest BCUT2D eigenvalue weighted by molar-refractivity contribution is -0.112. The number of rotatable bonds is 4. The monoisotopic (exact) mass is 125 g/mol. The Balaban J connectivity index is 3.39. The van der Waals surface area contributed by atoms with E-state index >= 15 is 0 Å². The number of carbonyl (C=O) groups excluding carboxylic acids is 1. The fraction of sp³-hybridized carbons (Fsp3) is 0.500. The molecule has 9 heavy (non-hydrogen) atoms. The molecule has 51 valence electrons. The summed E-state index contributed by atoms with van der Waals surface area (Å²) in [6, 6.07) is 0. The molecular weight excluding hydrogens is 112 g/mol. The fourth-order valence-electron chi connectivity index (χ4n) is 0.450. The number of allylic oxidation sites excluding steroid dienone is 1. The maximum atomic E-state index is 10.7. The molecule has 0 fully saturated rings. The molecule has 0 unspecified atom stereocenters. The molecule has 0 aliphatic carbocycles. The lowest BCUT2D eigenvalue weighted by Gasteiger charge is -1.94. The lowest BCUT2D eigenvalue weighted by Crippen LogP contribution is -1.97. The smallest absolute Gasteiger partial charge is 0.161 e. The zero-order valence-corrected chi connectivity index (χ0v) is 6.11. The first-order valence-electron chi connectivity index (χ1n) is 3.21. The molecule has 0 aliphatic heterocycles. The molecule has 0 aromatic heterocycles. The molecule has 0 bridgehead atoms. The van der Waals surface area contributed by atoms with Crippen LogP contribution in [0.3, 0.4) is 0 Å². The van der Waals surface area contributed by atoms with Gasteiger partial charge in [-0.2, -0.15) is 0 Å². The highest BCUT2D eigenvalue weighted by Gasteiger charge is 1.99. The van der Waals surface area contributed by atoms with E-state index in [0.29, 0.717) is 5.57 Å². The molecule has 0 aliphatic rings. The van der Waals surface area contributed by atoms with Crippen molar-refractivity contribution < 1.29 is 4.79 Å². The largest absolute Gasteiger partial charge is 0.294 e. The minimum atomic E-state index is 0.0804. The van der Waals surface area contributed by atoms with Crippen molar-refractivity contribution in [3.05, 3.63) is 18.6 Å². The first-order chi connectivity index (χ1) is 4.18. The van der Waals surface area contributed by atoms with Gasteiger partial charge in [0.2, 0.25) is 0 Å². The van der Waals surface area contributed by atoms with Crippen molar-refractivity contribution in [3.63, 3.8) is 0 Å². The highest BCUT2D eigenvalue weighted by atomic mass is 16.1. The van der Waals surface area contributed by atoms with E-state index in [4.69, 9.17) is 0 Å². The van der Waals surface area contributed by atoms with Gasteiger partial charge in [0, 0.05) is 6.42 Å². The van der Waals surface area contributed by atoms with Gasteiger partial charge in [-0.3, -0.25) is 4.79 Å². The highest BCUT2D eigenvalue weighted by Crippen LogP contribution is 1.99. The van der Waals surface area contributed by atoms with Gasteiger partial charge in [-0.25, -0.2) is 0 Å². The van der Waals surface area contributed by atoms with Crippen molar-refractivity contribution in [2.24, 2.45) is 0 Å². The Hall–Kier alpha value is -0.590. The van der Waals surface area contributed by atoms with Crippen LogP contribution in [0.1, 0.15) is 26.7 Å². The quantitative estimate of drug-likeness (QED) is 0.526. The van der Waals surface area contributed by atoms with Gasteiger partial charge in [0.1, 0.15) is 0 Å². The second-order valence-corrected chi connectivity index (χ2v) is 2.14. The second kappa shape index (κ2) is 4.30. The van der Waals surface area contributed by atoms with E-state index in [0.717, 1.165) is 12.8 Å². The van der Waals surface area contributed by atoms with Crippen LogP contribution in [0.2, 0.25) is 0 Å². The second-order valence-electron chi connectivity index (χ2n) is 2.14. The van der Waals surface area contributed by atoms with Crippen molar-refractivity contribution >= 4 is 5.78 Å². The summed E-state index contributed by atoms with van der Waals surface area (Å²) in [5.41, 5.74) is 0.628. The Morgan fingerprint density at radius 2 is 2.22 bits per heavy atom. The van der Waals surface area contributed by atoms with Crippen molar-refractivity contribution in [2.45, 2.75) is 26.7 Å². The molecule has 0 heterocycles. The average molecular weight is 125 g/mol. The average Bonchev–Trinajstić information content (AvgIpc) is 1.82. The molecule has 0 amide bonds. The van der Waals surface area contributed by atoms with Gasteiger partial charge in [-0.1, -0.05) is 19.9 Å². The van der Waals surface area contributed by atoms with E-state index in [1.165, 1.54) is 0 Å². The van der Waals surface area contributed by atoms with Crippen LogP contribution in [0.25, 0.3) is 0 Å². The molecule has 1 heteroatoms. The molecular formula is C8H13O. The van der Waals surface area contributed by atoms with Crippen molar-refractivity contribution in [2.75, 3.05) is 0 Å². The summed E-state index contributed by atoms with van der Waals surface area (Å²) in [6.07, 6.45) is 3.58. The van der Waals surface area contributed by atoms with Crippen molar-refractivity contribution in [3.8, 4) is 0 Å². The maximum Gasteiger partial charge on any atom is 0.161 e. The maximum absolute atomic E-state index is 10.7. The third-order valence-electron chi connectivity index (χ3n) is 1.04. The number of ketones is 1. The SMILES string of the molecule is C=C(C)C(=O)[CH]CCC. The summed E-state index contributed by atoms with van der Waals surface area (Å²) in [4.78, 5) is 10.7. The molecule has 0 saturated carbocycles. The van der Waals surface area contributed by atoms with E-state index in [1.807, 2.05) is 6.92 Å². The van der Waals surface area contributed by atoms with Crippen LogP contribution in [-0.4, -0.2) is 5.78 Å². The predicted octanol–water partition coefficient (Wildman–Crippen LogP) is 2.14. The normalized spacial score (nSPS) is 9.11. The lowest BCUT2D eigenvalue weighted by atomic mass is 10.1. The summed E-state index contributed by atoms with van der Waals surface area (Å²) in [5.74, 6) is 0.0804. The molecule has 0 aromatic carbocycles. The Morgan fingerprint density at radius 1 is 1.67 bits per heavy atom. The minimum Gasteiger partial charge on any atom is -0.294 e. The highest BCUT2D eigenvalue weighted by molar-refractivity contribution is 6.00. The van der Waals surface area contributed by atoms with Crippen LogP contribution in [0, 0.1) is 6.42 Å². The van der Waals surface area contributed by atoms with Crippen molar-refractivity contribution in [1.82, 2.24) is 0 Å². The van der Waals surface area contributed by atoms with Gasteiger partial charge in [0.15, 0.2) is 5.78 Å². The van der Waals surface area contributed by atoms with Gasteiger partial charge in [0.05, 0.1) is 0 Å². The molecule has 0 spiro atoms. The van der Waals surface area contributed by atoms with E-state index in [1.54, 1.807) is 13.3 Å². The molecule has 1 radical (unpaired) electrons. The summed E-state index contributed by atoms with van der Waals surface area (Å²) >= 11 is 0. The number of carbonyl (C=O) groups is 1. The van der Waals surface area contributed by atoms with Gasteiger partial charge in [0.25, 0.3) is 0 Å². The first kappa shape index (κ1) is 8.41. The zero-order valence-electron chi connectivity index (χ0n) is 6.11. The van der Waals surface area contributed by atoms with Crippen LogP contribution >= 0.6 is 0 Å². The number of hydrogen-bond donors (Lipinski definition) is 0.